The van der Waals surface area contributed by atoms with Gasteiger partial charge in [-0.05, 0) is 121 Å². The van der Waals surface area contributed by atoms with Crippen LogP contribution in [0.15, 0.2) is 72.8 Å². The molecule has 0 aromatic heterocycles. The van der Waals surface area contributed by atoms with Crippen molar-refractivity contribution in [1.82, 2.24) is 0 Å². The van der Waals surface area contributed by atoms with Crippen molar-refractivity contribution in [3.8, 4) is 23.0 Å². The fourth-order valence-electron chi connectivity index (χ4n) is 6.24. The van der Waals surface area contributed by atoms with Gasteiger partial charge in [-0.15, -0.1) is 0 Å². The normalized spacial score (nSPS) is 13.1. The summed E-state index contributed by atoms with van der Waals surface area (Å²) in [5.41, 5.74) is 1.49. The van der Waals surface area contributed by atoms with Crippen molar-refractivity contribution >= 4 is 23.9 Å². The van der Waals surface area contributed by atoms with E-state index in [1.54, 1.807) is 0 Å². The zero-order valence-electron chi connectivity index (χ0n) is 29.6. The summed E-state index contributed by atoms with van der Waals surface area (Å²) < 4.78 is 54.4. The Hall–Kier alpha value is -6.32. The quantitative estimate of drug-likeness (QED) is 0.0494. The van der Waals surface area contributed by atoms with Crippen molar-refractivity contribution in [1.29, 1.82) is 0 Å². The minimum absolute atomic E-state index is 0.0232. The number of aliphatic carboxylic acids is 4. The van der Waals surface area contributed by atoms with Crippen molar-refractivity contribution in [2.24, 2.45) is 23.7 Å². The summed E-state index contributed by atoms with van der Waals surface area (Å²) in [5, 5.41) is 74.4. The third-order valence-electron chi connectivity index (χ3n) is 9.19. The van der Waals surface area contributed by atoms with Crippen molar-refractivity contribution in [2.75, 3.05) is 0 Å². The van der Waals surface area contributed by atoms with Crippen LogP contribution >= 0.6 is 0 Å². The van der Waals surface area contributed by atoms with Gasteiger partial charge in [-0.25, -0.2) is 17.6 Å². The molecule has 56 heavy (non-hydrogen) atoms. The summed E-state index contributed by atoms with van der Waals surface area (Å²) in [4.78, 5) is 45.6. The smallest absolute Gasteiger partial charge is 0.307 e. The Bertz CT molecular complexity index is 1880. The highest BCUT2D eigenvalue weighted by molar-refractivity contribution is 5.72. The summed E-state index contributed by atoms with van der Waals surface area (Å²) in [7, 11) is 0. The predicted molar refractivity (Wildman–Crippen MR) is 190 cm³/mol. The fraction of sp³-hybridized carbons (Fsp3) is 0.300. The van der Waals surface area contributed by atoms with Gasteiger partial charge in [0.15, 0.2) is 46.3 Å². The largest absolute Gasteiger partial charge is 0.505 e. The summed E-state index contributed by atoms with van der Waals surface area (Å²) in [6, 6.07) is 14.4. The number of carbonyl (C=O) groups is 4. The van der Waals surface area contributed by atoms with Crippen molar-refractivity contribution in [3.63, 3.8) is 0 Å². The summed E-state index contributed by atoms with van der Waals surface area (Å²) >= 11 is 0. The van der Waals surface area contributed by atoms with E-state index in [0.29, 0.717) is 22.3 Å². The number of phenols is 4. The van der Waals surface area contributed by atoms with Crippen LogP contribution in [0.25, 0.3) is 0 Å². The molecule has 4 rings (SSSR count). The Labute approximate surface area is 317 Å². The van der Waals surface area contributed by atoms with Gasteiger partial charge in [-0.3, -0.25) is 19.2 Å². The lowest BCUT2D eigenvalue weighted by Gasteiger charge is -2.24. The number of rotatable bonds is 18. The number of hydrogen-bond donors (Lipinski definition) is 8. The van der Waals surface area contributed by atoms with Crippen LogP contribution in [-0.4, -0.2) is 64.7 Å². The van der Waals surface area contributed by atoms with Crippen molar-refractivity contribution in [2.45, 2.75) is 51.4 Å². The molecule has 0 radical (unpaired) electrons. The average molecular weight is 789 g/mol. The molecule has 0 bridgehead atoms. The second-order valence-electron chi connectivity index (χ2n) is 13.2. The van der Waals surface area contributed by atoms with Crippen LogP contribution in [0, 0.1) is 46.9 Å². The monoisotopic (exact) mass is 788 g/mol. The lowest BCUT2D eigenvalue weighted by Crippen LogP contribution is -2.28. The molecule has 12 nitrogen and oxygen atoms in total. The highest BCUT2D eigenvalue weighted by atomic mass is 19.1. The van der Waals surface area contributed by atoms with Crippen LogP contribution < -0.4 is 0 Å². The third kappa shape index (κ3) is 13.5. The molecule has 0 amide bonds. The molecule has 0 saturated heterocycles. The number of phenolic OH excluding ortho intramolecular Hbond substituents is 4. The minimum Gasteiger partial charge on any atom is -0.505 e. The molecule has 0 aliphatic heterocycles. The van der Waals surface area contributed by atoms with Gasteiger partial charge in [0.25, 0.3) is 0 Å². The molecule has 16 heteroatoms. The molecule has 300 valence electrons. The van der Waals surface area contributed by atoms with E-state index in [1.165, 1.54) is 24.3 Å². The summed E-state index contributed by atoms with van der Waals surface area (Å²) in [5.74, 6) is -13.7. The number of hydrogen-bond acceptors (Lipinski definition) is 8. The number of halogens is 4. The first kappa shape index (κ1) is 44.1. The van der Waals surface area contributed by atoms with E-state index >= 15 is 0 Å². The topological polar surface area (TPSA) is 230 Å². The first-order valence-electron chi connectivity index (χ1n) is 17.1. The van der Waals surface area contributed by atoms with Gasteiger partial charge in [-0.2, -0.15) is 0 Å². The van der Waals surface area contributed by atoms with E-state index < -0.39 is 93.8 Å². The number of aromatic hydroxyl groups is 4. The van der Waals surface area contributed by atoms with Crippen LogP contribution in [0.4, 0.5) is 17.6 Å². The minimum atomic E-state index is -1.19. The van der Waals surface area contributed by atoms with E-state index in [-0.39, 0.29) is 51.4 Å². The summed E-state index contributed by atoms with van der Waals surface area (Å²) in [6.45, 7) is 0. The van der Waals surface area contributed by atoms with E-state index in [9.17, 15) is 67.4 Å². The highest BCUT2D eigenvalue weighted by Gasteiger charge is 2.31. The second-order valence-corrected chi connectivity index (χ2v) is 13.2. The van der Waals surface area contributed by atoms with E-state index in [1.807, 2.05) is 0 Å². The first-order valence-corrected chi connectivity index (χ1v) is 17.1. The Morgan fingerprint density at radius 2 is 0.679 bits per heavy atom. The fourth-order valence-corrected chi connectivity index (χ4v) is 6.24. The molecule has 4 aromatic carbocycles. The third-order valence-corrected chi connectivity index (χ3v) is 9.19. The SMILES string of the molecule is O=C(O)CC[C@@H](Cc1ccc(O)c(F)c1)[C@H](Cc1ccc(O)c(F)c1)C(=O)O.O=C(O)CC[C@H](Cc1ccc(O)c(F)c1)[C@@H](Cc1ccc(O)c(F)c1)C(=O)O. The molecule has 4 atom stereocenters. The number of carboxylic acids is 4. The molecule has 0 aliphatic rings. The van der Waals surface area contributed by atoms with Gasteiger partial charge < -0.3 is 40.9 Å². The lowest BCUT2D eigenvalue weighted by atomic mass is 9.80. The van der Waals surface area contributed by atoms with Crippen LogP contribution in [0.3, 0.4) is 0 Å². The molecule has 0 saturated carbocycles. The molecule has 0 heterocycles. The molecular weight excluding hydrogens is 748 g/mol. The van der Waals surface area contributed by atoms with Gasteiger partial charge in [-0.1, -0.05) is 24.3 Å². The van der Waals surface area contributed by atoms with Crippen molar-refractivity contribution < 1.29 is 77.6 Å². The molecule has 4 aromatic rings. The highest BCUT2D eigenvalue weighted by Crippen LogP contribution is 2.31. The van der Waals surface area contributed by atoms with Crippen LogP contribution in [-0.2, 0) is 44.9 Å². The van der Waals surface area contributed by atoms with E-state index in [2.05, 4.69) is 0 Å². The van der Waals surface area contributed by atoms with Gasteiger partial charge in [0, 0.05) is 12.8 Å². The Morgan fingerprint density at radius 3 is 0.893 bits per heavy atom. The zero-order valence-corrected chi connectivity index (χ0v) is 29.6. The van der Waals surface area contributed by atoms with Crippen LogP contribution in [0.2, 0.25) is 0 Å². The molecule has 0 aliphatic carbocycles. The van der Waals surface area contributed by atoms with Crippen LogP contribution in [0.5, 0.6) is 23.0 Å². The zero-order chi connectivity index (χ0) is 41.7. The van der Waals surface area contributed by atoms with Gasteiger partial charge >= 0.3 is 23.9 Å². The Morgan fingerprint density at radius 1 is 0.429 bits per heavy atom. The maximum atomic E-state index is 13.6. The molecule has 0 spiro atoms. The number of carboxylic acid groups (broad SMARTS) is 4. The van der Waals surface area contributed by atoms with Crippen molar-refractivity contribution in [3.05, 3.63) is 118 Å². The second kappa shape index (κ2) is 20.4. The van der Waals surface area contributed by atoms with Gasteiger partial charge in [0.2, 0.25) is 0 Å². The number of benzene rings is 4. The Balaban J connectivity index is 0.000000300. The molecule has 0 unspecified atom stereocenters. The maximum Gasteiger partial charge on any atom is 0.307 e. The van der Waals surface area contributed by atoms with Gasteiger partial charge in [0.05, 0.1) is 11.8 Å². The predicted octanol–water partition coefficient (Wildman–Crippen LogP) is 6.69. The van der Waals surface area contributed by atoms with E-state index in [4.69, 9.17) is 10.2 Å². The van der Waals surface area contributed by atoms with Crippen LogP contribution in [0.1, 0.15) is 47.9 Å². The Kier molecular flexibility index (Phi) is 16.0. The molecule has 0 fully saturated rings. The lowest BCUT2D eigenvalue weighted by molar-refractivity contribution is -0.145. The standard InChI is InChI=1S/2C20H20F2O6/c2*21-15-9-11(1-4-17(15)23)7-13(3-6-19(25)26)14(20(27)28)8-12-2-5-18(24)16(22)10-12/h2*1-2,4-5,9-10,13-14,23-24H,3,6-8H2,(H,25,26)(H,27,28)/t2*13-,14-/m10/s1. The first-order chi connectivity index (χ1) is 26.3. The van der Waals surface area contributed by atoms with E-state index in [0.717, 1.165) is 48.5 Å². The maximum absolute atomic E-state index is 13.6. The molecular formula is C40H40F4O12. The average Bonchev–Trinajstić information content (AvgIpc) is 3.12. The molecule has 8 N–H and O–H groups in total. The van der Waals surface area contributed by atoms with Gasteiger partial charge in [0.1, 0.15) is 0 Å². The summed E-state index contributed by atoms with van der Waals surface area (Å²) in [6.07, 6.45) is -0.540.